The van der Waals surface area contributed by atoms with Crippen LogP contribution in [0.1, 0.15) is 27.0 Å². The monoisotopic (exact) mass is 323 g/mol. The molecule has 7 heteroatoms. The molecule has 1 atom stereocenters. The minimum Gasteiger partial charge on any atom is -0.465 e. The van der Waals surface area contributed by atoms with Crippen LogP contribution in [0.25, 0.3) is 0 Å². The summed E-state index contributed by atoms with van der Waals surface area (Å²) in [6, 6.07) is 6.91. The molecule has 0 aliphatic carbocycles. The molecule has 0 bridgehead atoms. The molecule has 0 spiro atoms. The van der Waals surface area contributed by atoms with Gasteiger partial charge in [0.1, 0.15) is 25.0 Å². The van der Waals surface area contributed by atoms with Crippen molar-refractivity contribution < 1.29 is 14.3 Å². The van der Waals surface area contributed by atoms with Gasteiger partial charge in [-0.2, -0.15) is 5.10 Å². The first kappa shape index (κ1) is 16.3. The van der Waals surface area contributed by atoms with E-state index in [-0.39, 0.29) is 12.6 Å². The topological polar surface area (TPSA) is 66.2 Å². The van der Waals surface area contributed by atoms with E-state index in [1.165, 1.54) is 17.3 Å². The van der Waals surface area contributed by atoms with Crippen LogP contribution in [0.15, 0.2) is 36.9 Å². The Morgan fingerprint density at radius 1 is 1.32 bits per heavy atom. The molecule has 0 fully saturated rings. The van der Waals surface area contributed by atoms with Crippen molar-refractivity contribution >= 4 is 17.6 Å². The van der Waals surface area contributed by atoms with Crippen LogP contribution in [0.4, 0.5) is 0 Å². The summed E-state index contributed by atoms with van der Waals surface area (Å²) in [6.45, 7) is 5.40. The maximum atomic E-state index is 11.9. The summed E-state index contributed by atoms with van der Waals surface area (Å²) < 4.78 is 12.6. The Kier molecular flexibility index (Phi) is 5.03. The Morgan fingerprint density at radius 3 is 2.55 bits per heavy atom. The number of halogens is 1. The average molecular weight is 324 g/mol. The van der Waals surface area contributed by atoms with Crippen molar-refractivity contribution in [2.45, 2.75) is 27.0 Å². The second-order valence-corrected chi connectivity index (χ2v) is 6.19. The zero-order valence-electron chi connectivity index (χ0n) is 12.7. The fourth-order valence-corrected chi connectivity index (χ4v) is 1.69. The predicted molar refractivity (Wildman–Crippen MR) is 81.6 cm³/mol. The minimum absolute atomic E-state index is 0.0299. The number of hydrogen-bond donors (Lipinski definition) is 0. The first-order valence-corrected chi connectivity index (χ1v) is 7.17. The SMILES string of the molecule is CC(C)(C)C(=O)OCC(Oc1ccc(Cl)cc1)n1cncn1. The molecular formula is C15H18ClN3O3. The molecule has 1 aromatic heterocycles. The Bertz CT molecular complexity index is 606. The van der Waals surface area contributed by atoms with Crippen LogP contribution in [0.5, 0.6) is 5.75 Å². The second-order valence-electron chi connectivity index (χ2n) is 5.75. The van der Waals surface area contributed by atoms with Crippen LogP contribution < -0.4 is 4.74 Å². The van der Waals surface area contributed by atoms with Crippen LogP contribution in [0.3, 0.4) is 0 Å². The average Bonchev–Trinajstić information content (AvgIpc) is 2.98. The molecule has 0 saturated carbocycles. The maximum Gasteiger partial charge on any atom is 0.311 e. The molecule has 0 saturated heterocycles. The summed E-state index contributed by atoms with van der Waals surface area (Å²) in [6.07, 6.45) is 2.30. The lowest BCUT2D eigenvalue weighted by Crippen LogP contribution is -2.29. The van der Waals surface area contributed by atoms with Crippen molar-refractivity contribution in [1.82, 2.24) is 14.8 Å². The molecule has 0 N–H and O–H groups in total. The van der Waals surface area contributed by atoms with Gasteiger partial charge in [-0.25, -0.2) is 9.67 Å². The Balaban J connectivity index is 2.07. The maximum absolute atomic E-state index is 11.9. The van der Waals surface area contributed by atoms with Crippen molar-refractivity contribution in [3.8, 4) is 5.75 Å². The van der Waals surface area contributed by atoms with Crippen molar-refractivity contribution in [1.29, 1.82) is 0 Å². The Labute approximate surface area is 134 Å². The summed E-state index contributed by atoms with van der Waals surface area (Å²) in [7, 11) is 0. The van der Waals surface area contributed by atoms with Gasteiger partial charge < -0.3 is 9.47 Å². The molecule has 0 amide bonds. The molecule has 1 unspecified atom stereocenters. The number of rotatable bonds is 5. The number of ether oxygens (including phenoxy) is 2. The van der Waals surface area contributed by atoms with E-state index in [9.17, 15) is 4.79 Å². The normalized spacial score (nSPS) is 12.7. The van der Waals surface area contributed by atoms with Gasteiger partial charge in [0, 0.05) is 5.02 Å². The first-order chi connectivity index (χ1) is 10.4. The van der Waals surface area contributed by atoms with E-state index in [0.29, 0.717) is 10.8 Å². The lowest BCUT2D eigenvalue weighted by molar-refractivity contribution is -0.157. The predicted octanol–water partition coefficient (Wildman–Crippen LogP) is 3.10. The highest BCUT2D eigenvalue weighted by atomic mass is 35.5. The van der Waals surface area contributed by atoms with E-state index >= 15 is 0 Å². The van der Waals surface area contributed by atoms with E-state index in [1.54, 1.807) is 45.0 Å². The van der Waals surface area contributed by atoms with Gasteiger partial charge in [-0.15, -0.1) is 0 Å². The standard InChI is InChI=1S/C15H18ClN3O3/c1-15(2,3)14(20)21-8-13(19-10-17-9-18-19)22-12-6-4-11(16)5-7-12/h4-7,9-10,13H,8H2,1-3H3. The fourth-order valence-electron chi connectivity index (χ4n) is 1.56. The summed E-state index contributed by atoms with van der Waals surface area (Å²) in [4.78, 5) is 15.8. The first-order valence-electron chi connectivity index (χ1n) is 6.80. The van der Waals surface area contributed by atoms with Crippen LogP contribution in [-0.4, -0.2) is 27.3 Å². The summed E-state index contributed by atoms with van der Waals surface area (Å²) in [5, 5.41) is 4.65. The number of carbonyl (C=O) groups is 1. The van der Waals surface area contributed by atoms with Gasteiger partial charge in [0.25, 0.3) is 0 Å². The number of aromatic nitrogens is 3. The van der Waals surface area contributed by atoms with Crippen LogP contribution >= 0.6 is 11.6 Å². The van der Waals surface area contributed by atoms with Crippen LogP contribution in [-0.2, 0) is 9.53 Å². The highest BCUT2D eigenvalue weighted by Crippen LogP contribution is 2.21. The van der Waals surface area contributed by atoms with E-state index in [0.717, 1.165) is 0 Å². The fraction of sp³-hybridized carbons (Fsp3) is 0.400. The lowest BCUT2D eigenvalue weighted by Gasteiger charge is -2.22. The molecule has 0 aliphatic rings. The molecule has 118 valence electrons. The molecule has 1 heterocycles. The summed E-state index contributed by atoms with van der Waals surface area (Å²) in [5.41, 5.74) is -0.576. The molecule has 2 aromatic rings. The van der Waals surface area contributed by atoms with E-state index in [2.05, 4.69) is 10.1 Å². The quantitative estimate of drug-likeness (QED) is 0.791. The molecule has 0 aliphatic heterocycles. The molecular weight excluding hydrogens is 306 g/mol. The van der Waals surface area contributed by atoms with Crippen molar-refractivity contribution in [3.05, 3.63) is 41.9 Å². The third kappa shape index (κ3) is 4.46. The largest absolute Gasteiger partial charge is 0.465 e. The minimum atomic E-state index is -0.602. The number of esters is 1. The van der Waals surface area contributed by atoms with Gasteiger partial charge in [-0.1, -0.05) is 11.6 Å². The highest BCUT2D eigenvalue weighted by Gasteiger charge is 2.25. The van der Waals surface area contributed by atoms with E-state index in [4.69, 9.17) is 21.1 Å². The number of nitrogens with zero attached hydrogens (tertiary/aromatic N) is 3. The number of carbonyl (C=O) groups excluding carboxylic acids is 1. The summed E-state index contributed by atoms with van der Waals surface area (Å²) in [5.74, 6) is 0.286. The van der Waals surface area contributed by atoms with Gasteiger partial charge in [0.2, 0.25) is 6.23 Å². The molecule has 0 radical (unpaired) electrons. The lowest BCUT2D eigenvalue weighted by atomic mass is 9.97. The highest BCUT2D eigenvalue weighted by molar-refractivity contribution is 6.30. The third-order valence-electron chi connectivity index (χ3n) is 2.79. The summed E-state index contributed by atoms with van der Waals surface area (Å²) >= 11 is 5.85. The van der Waals surface area contributed by atoms with E-state index < -0.39 is 11.6 Å². The van der Waals surface area contributed by atoms with Crippen LogP contribution in [0.2, 0.25) is 5.02 Å². The zero-order chi connectivity index (χ0) is 16.2. The van der Waals surface area contributed by atoms with Crippen molar-refractivity contribution in [2.24, 2.45) is 5.41 Å². The van der Waals surface area contributed by atoms with Gasteiger partial charge in [-0.3, -0.25) is 4.79 Å². The van der Waals surface area contributed by atoms with Crippen molar-refractivity contribution in [3.63, 3.8) is 0 Å². The van der Waals surface area contributed by atoms with Crippen LogP contribution in [0, 0.1) is 5.41 Å². The third-order valence-corrected chi connectivity index (χ3v) is 3.04. The van der Waals surface area contributed by atoms with Gasteiger partial charge in [-0.05, 0) is 45.0 Å². The van der Waals surface area contributed by atoms with Gasteiger partial charge >= 0.3 is 5.97 Å². The molecule has 2 rings (SSSR count). The smallest absolute Gasteiger partial charge is 0.311 e. The number of benzene rings is 1. The number of hydrogen-bond acceptors (Lipinski definition) is 5. The molecule has 22 heavy (non-hydrogen) atoms. The van der Waals surface area contributed by atoms with Crippen molar-refractivity contribution in [2.75, 3.05) is 6.61 Å². The molecule has 6 nitrogen and oxygen atoms in total. The van der Waals surface area contributed by atoms with Gasteiger partial charge in [0.05, 0.1) is 5.41 Å². The second kappa shape index (κ2) is 6.79. The zero-order valence-corrected chi connectivity index (χ0v) is 13.4. The van der Waals surface area contributed by atoms with Gasteiger partial charge in [0.15, 0.2) is 0 Å². The Hall–Kier alpha value is -2.08. The molecule has 1 aromatic carbocycles. The Morgan fingerprint density at radius 2 is 2.00 bits per heavy atom. The van der Waals surface area contributed by atoms with E-state index in [1.807, 2.05) is 0 Å².